The first-order valence-electron chi connectivity index (χ1n) is 8.25. The van der Waals surface area contributed by atoms with Crippen molar-refractivity contribution >= 4 is 11.6 Å². The minimum absolute atomic E-state index is 1.08. The van der Waals surface area contributed by atoms with Crippen molar-refractivity contribution in [3.8, 4) is 0 Å². The predicted octanol–water partition coefficient (Wildman–Crippen LogP) is 6.40. The second-order valence-corrected chi connectivity index (χ2v) is 4.56. The lowest BCUT2D eigenvalue weighted by molar-refractivity contribution is 1.12. The Morgan fingerprint density at radius 1 is 0.810 bits per heavy atom. The Labute approximate surface area is 130 Å². The summed E-state index contributed by atoms with van der Waals surface area (Å²) in [5, 5.41) is 0. The first kappa shape index (κ1) is 17.2. The van der Waals surface area contributed by atoms with Gasteiger partial charge in [0, 0.05) is 0 Å². The van der Waals surface area contributed by atoms with Crippen molar-refractivity contribution in [3.05, 3.63) is 70.8 Å². The number of fused-ring (bicyclic) bond motifs is 1. The fraction of sp³-hybridized carbons (Fsp3) is 0.333. The zero-order valence-electron chi connectivity index (χ0n) is 14.1. The van der Waals surface area contributed by atoms with E-state index in [9.17, 15) is 0 Å². The molecule has 2 aromatic carbocycles. The molecule has 0 atom stereocenters. The minimum Gasteiger partial charge on any atom is -0.0683 e. The van der Waals surface area contributed by atoms with Crippen LogP contribution in [0.1, 0.15) is 56.9 Å². The van der Waals surface area contributed by atoms with E-state index >= 15 is 0 Å². The lowest BCUT2D eigenvalue weighted by atomic mass is 9.97. The average molecular weight is 280 g/mol. The number of allylic oxidation sites excluding steroid dienone is 1. The van der Waals surface area contributed by atoms with Crippen molar-refractivity contribution in [2.24, 2.45) is 0 Å². The van der Waals surface area contributed by atoms with Crippen LogP contribution in [-0.2, 0) is 12.8 Å². The van der Waals surface area contributed by atoms with E-state index in [1.807, 2.05) is 27.7 Å². The van der Waals surface area contributed by atoms with Gasteiger partial charge in [0.15, 0.2) is 0 Å². The highest BCUT2D eigenvalue weighted by Crippen LogP contribution is 2.32. The summed E-state index contributed by atoms with van der Waals surface area (Å²) in [5.41, 5.74) is 7.17. The zero-order chi connectivity index (χ0) is 15.7. The Bertz CT molecular complexity index is 576. The Morgan fingerprint density at radius 3 is 2.10 bits per heavy atom. The quantitative estimate of drug-likeness (QED) is 0.597. The van der Waals surface area contributed by atoms with Crippen LogP contribution in [0.15, 0.2) is 48.5 Å². The standard InChI is InChI=1S/C17H16.2C2H6/c1-2-13-7-5-6-10-17(13)16-11-14-8-3-4-9-15(14)12-16;2*1-2/h3-11H,2,12H2,1H3;2*1-2H3. The van der Waals surface area contributed by atoms with Crippen molar-refractivity contribution < 1.29 is 0 Å². The Hall–Kier alpha value is -1.82. The van der Waals surface area contributed by atoms with Gasteiger partial charge in [-0.2, -0.15) is 0 Å². The molecule has 1 aliphatic rings. The third kappa shape index (κ3) is 4.07. The van der Waals surface area contributed by atoms with Crippen LogP contribution in [0.2, 0.25) is 0 Å². The molecule has 0 radical (unpaired) electrons. The summed E-state index contributed by atoms with van der Waals surface area (Å²) in [7, 11) is 0. The third-order valence-electron chi connectivity index (χ3n) is 3.51. The summed E-state index contributed by atoms with van der Waals surface area (Å²) >= 11 is 0. The summed E-state index contributed by atoms with van der Waals surface area (Å²) < 4.78 is 0. The predicted molar refractivity (Wildman–Crippen MR) is 96.5 cm³/mol. The van der Waals surface area contributed by atoms with E-state index in [1.54, 1.807) is 0 Å². The van der Waals surface area contributed by atoms with Crippen LogP contribution in [0, 0.1) is 0 Å². The van der Waals surface area contributed by atoms with Crippen molar-refractivity contribution in [1.29, 1.82) is 0 Å². The molecular formula is C21H28. The molecule has 0 N–H and O–H groups in total. The summed E-state index contributed by atoms with van der Waals surface area (Å²) in [6.45, 7) is 10.2. The van der Waals surface area contributed by atoms with E-state index in [1.165, 1.54) is 27.8 Å². The van der Waals surface area contributed by atoms with Gasteiger partial charge in [-0.1, -0.05) is 89.2 Å². The lowest BCUT2D eigenvalue weighted by Gasteiger charge is -2.08. The molecule has 0 saturated carbocycles. The van der Waals surface area contributed by atoms with Gasteiger partial charge in [-0.3, -0.25) is 0 Å². The number of rotatable bonds is 2. The van der Waals surface area contributed by atoms with Crippen LogP contribution in [0.25, 0.3) is 11.6 Å². The molecule has 112 valence electrons. The van der Waals surface area contributed by atoms with Crippen molar-refractivity contribution in [2.45, 2.75) is 47.5 Å². The number of hydrogen-bond donors (Lipinski definition) is 0. The zero-order valence-corrected chi connectivity index (χ0v) is 14.1. The van der Waals surface area contributed by atoms with Gasteiger partial charge < -0.3 is 0 Å². The minimum atomic E-state index is 1.08. The highest BCUT2D eigenvalue weighted by Gasteiger charge is 2.14. The molecule has 0 saturated heterocycles. The van der Waals surface area contributed by atoms with Crippen LogP contribution >= 0.6 is 0 Å². The van der Waals surface area contributed by atoms with Gasteiger partial charge in [0.25, 0.3) is 0 Å². The van der Waals surface area contributed by atoms with E-state index in [2.05, 4.69) is 61.5 Å². The van der Waals surface area contributed by atoms with E-state index in [0.29, 0.717) is 0 Å². The maximum Gasteiger partial charge on any atom is -0.00136 e. The molecule has 0 amide bonds. The largest absolute Gasteiger partial charge is 0.0683 e. The molecule has 3 rings (SSSR count). The van der Waals surface area contributed by atoms with E-state index < -0.39 is 0 Å². The fourth-order valence-electron chi connectivity index (χ4n) is 2.59. The topological polar surface area (TPSA) is 0 Å². The van der Waals surface area contributed by atoms with Gasteiger partial charge in [0.05, 0.1) is 0 Å². The Morgan fingerprint density at radius 2 is 1.43 bits per heavy atom. The van der Waals surface area contributed by atoms with Gasteiger partial charge in [0.2, 0.25) is 0 Å². The Balaban J connectivity index is 0.000000510. The summed E-state index contributed by atoms with van der Waals surface area (Å²) in [6, 6.07) is 17.4. The second-order valence-electron chi connectivity index (χ2n) is 4.56. The molecule has 1 aliphatic carbocycles. The van der Waals surface area contributed by atoms with Gasteiger partial charge in [-0.05, 0) is 40.7 Å². The molecule has 0 spiro atoms. The first-order valence-corrected chi connectivity index (χ1v) is 8.25. The molecule has 0 fully saturated rings. The molecule has 0 bridgehead atoms. The molecule has 0 heterocycles. The van der Waals surface area contributed by atoms with Gasteiger partial charge in [-0.25, -0.2) is 0 Å². The van der Waals surface area contributed by atoms with Crippen LogP contribution in [0.4, 0.5) is 0 Å². The molecule has 0 nitrogen and oxygen atoms in total. The Kier molecular flexibility index (Phi) is 7.53. The van der Waals surface area contributed by atoms with Crippen LogP contribution in [0.5, 0.6) is 0 Å². The normalized spacial score (nSPS) is 11.4. The summed E-state index contributed by atoms with van der Waals surface area (Å²) in [6.07, 6.45) is 4.51. The van der Waals surface area contributed by atoms with Crippen LogP contribution < -0.4 is 0 Å². The van der Waals surface area contributed by atoms with Crippen LogP contribution in [0.3, 0.4) is 0 Å². The molecule has 0 aromatic heterocycles. The molecule has 0 aliphatic heterocycles. The van der Waals surface area contributed by atoms with Gasteiger partial charge in [0.1, 0.15) is 0 Å². The molecule has 2 aromatic rings. The van der Waals surface area contributed by atoms with E-state index in [4.69, 9.17) is 0 Å². The molecular weight excluding hydrogens is 252 g/mol. The first-order chi connectivity index (χ1) is 10.4. The SMILES string of the molecule is CC.CC.CCc1ccccc1C1=Cc2ccccc2C1. The average Bonchev–Trinajstić information content (AvgIpc) is 3.02. The number of aryl methyl sites for hydroxylation is 1. The maximum absolute atomic E-state index is 2.34. The molecule has 0 unspecified atom stereocenters. The molecule has 0 heteroatoms. The number of benzene rings is 2. The second kappa shape index (κ2) is 9.18. The highest BCUT2D eigenvalue weighted by molar-refractivity contribution is 5.89. The van der Waals surface area contributed by atoms with E-state index in [-0.39, 0.29) is 0 Å². The lowest BCUT2D eigenvalue weighted by Crippen LogP contribution is -1.91. The maximum atomic E-state index is 2.34. The number of hydrogen-bond acceptors (Lipinski definition) is 0. The van der Waals surface area contributed by atoms with Crippen molar-refractivity contribution in [3.63, 3.8) is 0 Å². The van der Waals surface area contributed by atoms with Crippen LogP contribution in [-0.4, -0.2) is 0 Å². The monoisotopic (exact) mass is 280 g/mol. The van der Waals surface area contributed by atoms with Gasteiger partial charge >= 0.3 is 0 Å². The summed E-state index contributed by atoms with van der Waals surface area (Å²) in [5.74, 6) is 0. The van der Waals surface area contributed by atoms with Gasteiger partial charge in [-0.15, -0.1) is 0 Å². The van der Waals surface area contributed by atoms with Crippen molar-refractivity contribution in [1.82, 2.24) is 0 Å². The fourth-order valence-corrected chi connectivity index (χ4v) is 2.59. The molecule has 21 heavy (non-hydrogen) atoms. The third-order valence-corrected chi connectivity index (χ3v) is 3.51. The van der Waals surface area contributed by atoms with Crippen molar-refractivity contribution in [2.75, 3.05) is 0 Å². The van der Waals surface area contributed by atoms with E-state index in [0.717, 1.165) is 12.8 Å². The highest BCUT2D eigenvalue weighted by atomic mass is 14.2. The smallest absolute Gasteiger partial charge is 0.00136 e. The summed E-state index contributed by atoms with van der Waals surface area (Å²) in [4.78, 5) is 0.